The number of methoxy groups -OCH3 is 1. The molecule has 2 N–H and O–H groups in total. The van der Waals surface area contributed by atoms with Gasteiger partial charge in [0.05, 0.1) is 12.7 Å². The molecule has 5 heteroatoms. The second-order valence-corrected chi connectivity index (χ2v) is 5.70. The van der Waals surface area contributed by atoms with E-state index >= 15 is 0 Å². The van der Waals surface area contributed by atoms with Gasteiger partial charge in [-0.1, -0.05) is 24.6 Å². The fourth-order valence-electron chi connectivity index (χ4n) is 2.45. The van der Waals surface area contributed by atoms with Crippen LogP contribution in [-0.2, 0) is 0 Å². The molecule has 5 nitrogen and oxygen atoms in total. The number of amides is 1. The van der Waals surface area contributed by atoms with Gasteiger partial charge >= 0.3 is 0 Å². The summed E-state index contributed by atoms with van der Waals surface area (Å²) < 4.78 is 11.1. The van der Waals surface area contributed by atoms with Gasteiger partial charge in [-0.15, -0.1) is 0 Å². The Morgan fingerprint density at radius 3 is 2.44 bits per heavy atom. The quantitative estimate of drug-likeness (QED) is 0.648. The van der Waals surface area contributed by atoms with Gasteiger partial charge in [-0.25, -0.2) is 0 Å². The Bertz CT molecular complexity index is 659. The Kier molecular flexibility index (Phi) is 7.79. The van der Waals surface area contributed by atoms with Crippen LogP contribution in [0.1, 0.15) is 29.6 Å². The number of benzene rings is 2. The van der Waals surface area contributed by atoms with E-state index in [-0.39, 0.29) is 5.91 Å². The SMILES string of the molecule is CNCCCCCNC(=O)c1ccc(Oc2ccccc2)cc1OC. The molecule has 0 heterocycles. The fourth-order valence-corrected chi connectivity index (χ4v) is 2.45. The maximum absolute atomic E-state index is 12.3. The molecular weight excluding hydrogens is 316 g/mol. The summed E-state index contributed by atoms with van der Waals surface area (Å²) in [5, 5.41) is 6.05. The van der Waals surface area contributed by atoms with Crippen molar-refractivity contribution in [1.29, 1.82) is 0 Å². The standard InChI is InChI=1S/C20H26N2O3/c1-21-13-7-4-8-14-22-20(23)18-12-11-17(15-19(18)24-2)25-16-9-5-3-6-10-16/h3,5-6,9-12,15,21H,4,7-8,13-14H2,1-2H3,(H,22,23). The minimum atomic E-state index is -0.128. The number of para-hydroxylation sites is 1. The van der Waals surface area contributed by atoms with Crippen molar-refractivity contribution in [3.05, 3.63) is 54.1 Å². The zero-order chi connectivity index (χ0) is 17.9. The fraction of sp³-hybridized carbons (Fsp3) is 0.350. The van der Waals surface area contributed by atoms with E-state index in [1.165, 1.54) is 0 Å². The van der Waals surface area contributed by atoms with E-state index < -0.39 is 0 Å². The first kappa shape index (κ1) is 18.8. The number of ether oxygens (including phenoxy) is 2. The number of carbonyl (C=O) groups is 1. The van der Waals surface area contributed by atoms with Crippen molar-refractivity contribution < 1.29 is 14.3 Å². The highest BCUT2D eigenvalue weighted by molar-refractivity contribution is 5.97. The van der Waals surface area contributed by atoms with E-state index in [2.05, 4.69) is 10.6 Å². The van der Waals surface area contributed by atoms with Crippen LogP contribution in [0, 0.1) is 0 Å². The molecule has 25 heavy (non-hydrogen) atoms. The number of carbonyl (C=O) groups excluding carboxylic acids is 1. The lowest BCUT2D eigenvalue weighted by molar-refractivity contribution is 0.0950. The minimum absolute atomic E-state index is 0.128. The van der Waals surface area contributed by atoms with Gasteiger partial charge in [0.1, 0.15) is 17.2 Å². The number of nitrogens with one attached hydrogen (secondary N) is 2. The van der Waals surface area contributed by atoms with Crippen molar-refractivity contribution in [1.82, 2.24) is 10.6 Å². The van der Waals surface area contributed by atoms with E-state index in [0.29, 0.717) is 23.6 Å². The first-order chi connectivity index (χ1) is 12.2. The molecule has 134 valence electrons. The van der Waals surface area contributed by atoms with Crippen LogP contribution in [0.2, 0.25) is 0 Å². The Labute approximate surface area is 149 Å². The Morgan fingerprint density at radius 1 is 0.960 bits per heavy atom. The monoisotopic (exact) mass is 342 g/mol. The third-order valence-corrected chi connectivity index (χ3v) is 3.79. The zero-order valence-corrected chi connectivity index (χ0v) is 14.9. The van der Waals surface area contributed by atoms with Crippen molar-refractivity contribution in [3.8, 4) is 17.2 Å². The molecular formula is C20H26N2O3. The highest BCUT2D eigenvalue weighted by Crippen LogP contribution is 2.28. The maximum Gasteiger partial charge on any atom is 0.255 e. The predicted molar refractivity (Wildman–Crippen MR) is 99.6 cm³/mol. The van der Waals surface area contributed by atoms with E-state index in [0.717, 1.165) is 31.6 Å². The highest BCUT2D eigenvalue weighted by atomic mass is 16.5. The van der Waals surface area contributed by atoms with Crippen LogP contribution >= 0.6 is 0 Å². The van der Waals surface area contributed by atoms with E-state index in [9.17, 15) is 4.79 Å². The molecule has 0 atom stereocenters. The van der Waals surface area contributed by atoms with Gasteiger partial charge in [-0.2, -0.15) is 0 Å². The minimum Gasteiger partial charge on any atom is -0.496 e. The van der Waals surface area contributed by atoms with E-state index in [1.807, 2.05) is 37.4 Å². The van der Waals surface area contributed by atoms with Crippen molar-refractivity contribution in [2.45, 2.75) is 19.3 Å². The number of hydrogen-bond acceptors (Lipinski definition) is 4. The topological polar surface area (TPSA) is 59.6 Å². The first-order valence-electron chi connectivity index (χ1n) is 8.58. The summed E-state index contributed by atoms with van der Waals surface area (Å²) in [6.45, 7) is 1.67. The first-order valence-corrected chi connectivity index (χ1v) is 8.58. The van der Waals surface area contributed by atoms with Crippen LogP contribution in [-0.4, -0.2) is 33.2 Å². The summed E-state index contributed by atoms with van der Waals surface area (Å²) in [7, 11) is 3.50. The number of unbranched alkanes of at least 4 members (excludes halogenated alkanes) is 2. The van der Waals surface area contributed by atoms with Gasteiger partial charge in [0.2, 0.25) is 0 Å². The molecule has 1 amide bonds. The Balaban J connectivity index is 1.93. The molecule has 2 rings (SSSR count). The summed E-state index contributed by atoms with van der Waals surface area (Å²) >= 11 is 0. The second-order valence-electron chi connectivity index (χ2n) is 5.70. The summed E-state index contributed by atoms with van der Waals surface area (Å²) in [5.74, 6) is 1.74. The summed E-state index contributed by atoms with van der Waals surface area (Å²) in [6.07, 6.45) is 3.16. The molecule has 0 saturated carbocycles. The van der Waals surface area contributed by atoms with Gasteiger partial charge in [-0.05, 0) is 50.7 Å². The second kappa shape index (κ2) is 10.4. The summed E-state index contributed by atoms with van der Waals surface area (Å²) in [4.78, 5) is 12.3. The maximum atomic E-state index is 12.3. The normalized spacial score (nSPS) is 10.3. The average Bonchev–Trinajstić information content (AvgIpc) is 2.65. The molecule has 0 unspecified atom stereocenters. The van der Waals surface area contributed by atoms with E-state index in [4.69, 9.17) is 9.47 Å². The third-order valence-electron chi connectivity index (χ3n) is 3.79. The average molecular weight is 342 g/mol. The van der Waals surface area contributed by atoms with Gasteiger partial charge in [0, 0.05) is 12.6 Å². The zero-order valence-electron chi connectivity index (χ0n) is 14.9. The Morgan fingerprint density at radius 2 is 1.72 bits per heavy atom. The van der Waals surface area contributed by atoms with Crippen LogP contribution in [0.15, 0.2) is 48.5 Å². The Hall–Kier alpha value is -2.53. The van der Waals surface area contributed by atoms with Crippen LogP contribution in [0.4, 0.5) is 0 Å². The number of rotatable bonds is 10. The van der Waals surface area contributed by atoms with Crippen LogP contribution < -0.4 is 20.1 Å². The molecule has 0 radical (unpaired) electrons. The molecule has 0 saturated heterocycles. The lowest BCUT2D eigenvalue weighted by Crippen LogP contribution is -2.25. The van der Waals surface area contributed by atoms with Gasteiger partial charge < -0.3 is 20.1 Å². The van der Waals surface area contributed by atoms with Crippen molar-refractivity contribution >= 4 is 5.91 Å². The van der Waals surface area contributed by atoms with Crippen LogP contribution in [0.25, 0.3) is 0 Å². The van der Waals surface area contributed by atoms with E-state index in [1.54, 1.807) is 25.3 Å². The third kappa shape index (κ3) is 6.12. The number of hydrogen-bond donors (Lipinski definition) is 2. The molecule has 2 aromatic carbocycles. The van der Waals surface area contributed by atoms with Crippen LogP contribution in [0.5, 0.6) is 17.2 Å². The summed E-state index contributed by atoms with van der Waals surface area (Å²) in [6, 6.07) is 14.7. The van der Waals surface area contributed by atoms with Crippen molar-refractivity contribution in [2.24, 2.45) is 0 Å². The lowest BCUT2D eigenvalue weighted by Gasteiger charge is -2.12. The molecule has 0 bridgehead atoms. The molecule has 0 fully saturated rings. The summed E-state index contributed by atoms with van der Waals surface area (Å²) in [5.41, 5.74) is 0.512. The largest absolute Gasteiger partial charge is 0.496 e. The molecule has 0 aromatic heterocycles. The van der Waals surface area contributed by atoms with Gasteiger partial charge in [-0.3, -0.25) is 4.79 Å². The highest BCUT2D eigenvalue weighted by Gasteiger charge is 2.13. The van der Waals surface area contributed by atoms with Crippen LogP contribution in [0.3, 0.4) is 0 Å². The molecule has 0 spiro atoms. The van der Waals surface area contributed by atoms with Crippen molar-refractivity contribution in [2.75, 3.05) is 27.2 Å². The predicted octanol–water partition coefficient (Wildman–Crippen LogP) is 3.61. The van der Waals surface area contributed by atoms with Gasteiger partial charge in [0.25, 0.3) is 5.91 Å². The molecule has 0 aliphatic heterocycles. The van der Waals surface area contributed by atoms with Crippen molar-refractivity contribution in [3.63, 3.8) is 0 Å². The molecule has 2 aromatic rings. The smallest absolute Gasteiger partial charge is 0.255 e. The van der Waals surface area contributed by atoms with Gasteiger partial charge in [0.15, 0.2) is 0 Å². The molecule has 0 aliphatic rings. The molecule has 0 aliphatic carbocycles. The lowest BCUT2D eigenvalue weighted by atomic mass is 10.1.